The Bertz CT molecular complexity index is 404. The van der Waals surface area contributed by atoms with Crippen LogP contribution in [0.2, 0.25) is 0 Å². The molecule has 1 rings (SSSR count). The lowest BCUT2D eigenvalue weighted by Crippen LogP contribution is -2.26. The molecule has 1 aromatic rings. The Hall–Kier alpha value is -1.55. The molecule has 0 radical (unpaired) electrons. The molecule has 4 nitrogen and oxygen atoms in total. The summed E-state index contributed by atoms with van der Waals surface area (Å²) in [4.78, 5) is 12.7. The van der Waals surface area contributed by atoms with E-state index in [4.69, 9.17) is 9.84 Å². The topological polar surface area (TPSA) is 49.8 Å². The van der Waals surface area contributed by atoms with E-state index in [0.29, 0.717) is 13.1 Å². The average molecular weight is 251 g/mol. The van der Waals surface area contributed by atoms with Gasteiger partial charge in [-0.3, -0.25) is 9.69 Å². The van der Waals surface area contributed by atoms with Gasteiger partial charge in [-0.2, -0.15) is 0 Å². The van der Waals surface area contributed by atoms with Gasteiger partial charge in [0.25, 0.3) is 0 Å². The van der Waals surface area contributed by atoms with E-state index in [9.17, 15) is 4.79 Å². The summed E-state index contributed by atoms with van der Waals surface area (Å²) < 4.78 is 5.33. The highest BCUT2D eigenvalue weighted by Crippen LogP contribution is 2.21. The van der Waals surface area contributed by atoms with Crippen molar-refractivity contribution < 1.29 is 14.6 Å². The average Bonchev–Trinajstić information content (AvgIpc) is 2.34. The van der Waals surface area contributed by atoms with Crippen LogP contribution in [0.15, 0.2) is 18.2 Å². The molecular formula is C14H21NO3. The molecule has 0 amide bonds. The number of benzene rings is 1. The fourth-order valence-electron chi connectivity index (χ4n) is 1.87. The second-order valence-corrected chi connectivity index (χ2v) is 4.33. The van der Waals surface area contributed by atoms with Crippen molar-refractivity contribution in [1.82, 2.24) is 4.90 Å². The van der Waals surface area contributed by atoms with E-state index in [0.717, 1.165) is 17.9 Å². The van der Waals surface area contributed by atoms with Crippen molar-refractivity contribution in [2.75, 3.05) is 20.2 Å². The van der Waals surface area contributed by atoms with Gasteiger partial charge in [-0.05, 0) is 19.5 Å². The third-order valence-electron chi connectivity index (χ3n) is 2.92. The zero-order valence-electron chi connectivity index (χ0n) is 11.3. The fourth-order valence-corrected chi connectivity index (χ4v) is 1.87. The Morgan fingerprint density at radius 3 is 2.72 bits per heavy atom. The maximum atomic E-state index is 10.6. The lowest BCUT2D eigenvalue weighted by atomic mass is 10.1. The normalized spacial score (nSPS) is 10.7. The molecule has 0 aliphatic rings. The summed E-state index contributed by atoms with van der Waals surface area (Å²) >= 11 is 0. The van der Waals surface area contributed by atoms with Gasteiger partial charge in [0.2, 0.25) is 0 Å². The number of carboxylic acid groups (broad SMARTS) is 1. The number of carbonyl (C=O) groups is 1. The minimum atomic E-state index is -0.760. The number of ether oxygens (including phenoxy) is 1. The van der Waals surface area contributed by atoms with Gasteiger partial charge >= 0.3 is 5.97 Å². The lowest BCUT2D eigenvalue weighted by molar-refractivity contribution is -0.137. The van der Waals surface area contributed by atoms with E-state index < -0.39 is 5.97 Å². The second kappa shape index (κ2) is 7.01. The first-order chi connectivity index (χ1) is 8.56. The highest BCUT2D eigenvalue weighted by molar-refractivity contribution is 5.66. The monoisotopic (exact) mass is 251 g/mol. The number of hydrogen-bond donors (Lipinski definition) is 1. The molecule has 4 heteroatoms. The summed E-state index contributed by atoms with van der Waals surface area (Å²) in [6.07, 6.45) is 0.169. The number of aliphatic carboxylic acids is 1. The third kappa shape index (κ3) is 4.37. The first-order valence-electron chi connectivity index (χ1n) is 6.14. The van der Waals surface area contributed by atoms with Crippen LogP contribution in [-0.4, -0.2) is 36.2 Å². The van der Waals surface area contributed by atoms with Crippen molar-refractivity contribution >= 4 is 5.97 Å². The van der Waals surface area contributed by atoms with Gasteiger partial charge in [-0.15, -0.1) is 0 Å². The van der Waals surface area contributed by atoms with Crippen molar-refractivity contribution in [3.63, 3.8) is 0 Å². The summed E-state index contributed by atoms with van der Waals surface area (Å²) in [5.41, 5.74) is 2.28. The Kier molecular flexibility index (Phi) is 5.65. The summed E-state index contributed by atoms with van der Waals surface area (Å²) in [6, 6.07) is 6.05. The van der Waals surface area contributed by atoms with Crippen LogP contribution in [0.5, 0.6) is 5.75 Å². The van der Waals surface area contributed by atoms with Crippen molar-refractivity contribution in [1.29, 1.82) is 0 Å². The molecule has 1 N–H and O–H groups in total. The molecule has 0 aliphatic carbocycles. The molecule has 0 atom stereocenters. The number of hydrogen-bond acceptors (Lipinski definition) is 3. The molecule has 100 valence electrons. The van der Waals surface area contributed by atoms with E-state index in [2.05, 4.69) is 11.0 Å². The first-order valence-corrected chi connectivity index (χ1v) is 6.14. The standard InChI is InChI=1S/C14H21NO3/c1-4-15(8-7-14(16)17)10-12-9-11(2)5-6-13(12)18-3/h5-6,9H,4,7-8,10H2,1-3H3,(H,16,17). The predicted octanol–water partition coefficient (Wildman–Crippen LogP) is 2.30. The molecule has 0 heterocycles. The molecule has 0 unspecified atom stereocenters. The predicted molar refractivity (Wildman–Crippen MR) is 70.9 cm³/mol. The van der Waals surface area contributed by atoms with E-state index in [1.54, 1.807) is 7.11 Å². The minimum Gasteiger partial charge on any atom is -0.496 e. The van der Waals surface area contributed by atoms with Crippen LogP contribution in [-0.2, 0) is 11.3 Å². The van der Waals surface area contributed by atoms with Gasteiger partial charge < -0.3 is 9.84 Å². The SMILES string of the molecule is CCN(CCC(=O)O)Cc1cc(C)ccc1OC. The number of carboxylic acids is 1. The van der Waals surface area contributed by atoms with Crippen molar-refractivity contribution in [2.24, 2.45) is 0 Å². The molecule has 0 aliphatic heterocycles. The van der Waals surface area contributed by atoms with Gasteiger partial charge in [-0.25, -0.2) is 0 Å². The Morgan fingerprint density at radius 1 is 1.44 bits per heavy atom. The maximum Gasteiger partial charge on any atom is 0.304 e. The summed E-state index contributed by atoms with van der Waals surface area (Å²) in [5, 5.41) is 8.72. The van der Waals surface area contributed by atoms with Gasteiger partial charge in [0.15, 0.2) is 0 Å². The highest BCUT2D eigenvalue weighted by Gasteiger charge is 2.10. The van der Waals surface area contributed by atoms with Crippen molar-refractivity contribution in [2.45, 2.75) is 26.8 Å². The zero-order valence-corrected chi connectivity index (χ0v) is 11.3. The van der Waals surface area contributed by atoms with E-state index in [1.807, 2.05) is 26.0 Å². The number of nitrogens with zero attached hydrogens (tertiary/aromatic N) is 1. The van der Waals surface area contributed by atoms with Crippen LogP contribution in [0.3, 0.4) is 0 Å². The minimum absolute atomic E-state index is 0.169. The second-order valence-electron chi connectivity index (χ2n) is 4.33. The van der Waals surface area contributed by atoms with Crippen LogP contribution in [0, 0.1) is 6.92 Å². The third-order valence-corrected chi connectivity index (χ3v) is 2.92. The molecule has 0 aromatic heterocycles. The molecule has 0 bridgehead atoms. The summed E-state index contributed by atoms with van der Waals surface area (Å²) in [7, 11) is 1.65. The summed E-state index contributed by atoms with van der Waals surface area (Å²) in [6.45, 7) is 6.17. The van der Waals surface area contributed by atoms with Crippen LogP contribution in [0.25, 0.3) is 0 Å². The van der Waals surface area contributed by atoms with Gasteiger partial charge in [0.05, 0.1) is 13.5 Å². The first kappa shape index (κ1) is 14.5. The van der Waals surface area contributed by atoms with E-state index in [-0.39, 0.29) is 6.42 Å². The zero-order chi connectivity index (χ0) is 13.5. The lowest BCUT2D eigenvalue weighted by Gasteiger charge is -2.21. The van der Waals surface area contributed by atoms with E-state index >= 15 is 0 Å². The van der Waals surface area contributed by atoms with Crippen LogP contribution in [0.1, 0.15) is 24.5 Å². The fraction of sp³-hybridized carbons (Fsp3) is 0.500. The number of rotatable bonds is 7. The molecule has 0 saturated carbocycles. The number of aryl methyl sites for hydroxylation is 1. The molecule has 0 spiro atoms. The highest BCUT2D eigenvalue weighted by atomic mass is 16.5. The quantitative estimate of drug-likeness (QED) is 0.808. The Morgan fingerprint density at radius 2 is 2.17 bits per heavy atom. The van der Waals surface area contributed by atoms with Crippen LogP contribution < -0.4 is 4.74 Å². The molecular weight excluding hydrogens is 230 g/mol. The molecule has 0 saturated heterocycles. The van der Waals surface area contributed by atoms with Crippen molar-refractivity contribution in [3.8, 4) is 5.75 Å². The molecule has 1 aromatic carbocycles. The van der Waals surface area contributed by atoms with Crippen LogP contribution >= 0.6 is 0 Å². The molecule has 0 fully saturated rings. The number of methoxy groups -OCH3 is 1. The van der Waals surface area contributed by atoms with Crippen molar-refractivity contribution in [3.05, 3.63) is 29.3 Å². The van der Waals surface area contributed by atoms with Gasteiger partial charge in [-0.1, -0.05) is 24.6 Å². The Balaban J connectivity index is 2.74. The smallest absolute Gasteiger partial charge is 0.304 e. The Labute approximate surface area is 108 Å². The van der Waals surface area contributed by atoms with Gasteiger partial charge in [0.1, 0.15) is 5.75 Å². The van der Waals surface area contributed by atoms with E-state index in [1.165, 1.54) is 5.56 Å². The largest absolute Gasteiger partial charge is 0.496 e. The maximum absolute atomic E-state index is 10.6. The van der Waals surface area contributed by atoms with Gasteiger partial charge in [0, 0.05) is 18.7 Å². The van der Waals surface area contributed by atoms with Crippen LogP contribution in [0.4, 0.5) is 0 Å². The molecule has 18 heavy (non-hydrogen) atoms. The summed E-state index contributed by atoms with van der Waals surface area (Å²) in [5.74, 6) is 0.0963.